The molecule has 1 fully saturated rings. The summed E-state index contributed by atoms with van der Waals surface area (Å²) in [6.45, 7) is 12.3. The molecule has 3 rings (SSSR count). The number of aryl methyl sites for hydroxylation is 1. The first-order valence-corrected chi connectivity index (χ1v) is 9.12. The molecule has 0 aromatic carbocycles. The van der Waals surface area contributed by atoms with Gasteiger partial charge in [0.15, 0.2) is 0 Å². The van der Waals surface area contributed by atoms with Crippen molar-refractivity contribution in [3.8, 4) is 0 Å². The predicted molar refractivity (Wildman–Crippen MR) is 105 cm³/mol. The number of hydrogen-bond donors (Lipinski definition) is 2. The van der Waals surface area contributed by atoms with Crippen LogP contribution in [0.4, 0.5) is 17.7 Å². The van der Waals surface area contributed by atoms with Crippen LogP contribution in [0.15, 0.2) is 18.3 Å². The first-order valence-electron chi connectivity index (χ1n) is 9.12. The standard InChI is InChI=1S/C18H23N9O/c1-4-14-22-17(25-18(23-14)27-10-8-26(3)9-11-27)24-15-13(6-5-7-20-15)16(28)21-12-19-2/h5-7H,4,8-12H2,1,3H3,(H,21,28)(H,20,22,23,24,25). The van der Waals surface area contributed by atoms with E-state index in [1.807, 2.05) is 6.92 Å². The Morgan fingerprint density at radius 2 is 2.04 bits per heavy atom. The third kappa shape index (κ3) is 4.69. The second-order valence-corrected chi connectivity index (χ2v) is 6.37. The van der Waals surface area contributed by atoms with Crippen molar-refractivity contribution < 1.29 is 4.79 Å². The van der Waals surface area contributed by atoms with Gasteiger partial charge in [0.1, 0.15) is 11.6 Å². The number of nitrogens with one attached hydrogen (secondary N) is 2. The number of likely N-dealkylation sites (N-methyl/N-ethyl adjacent to an activating group) is 1. The summed E-state index contributed by atoms with van der Waals surface area (Å²) in [6, 6.07) is 3.30. The zero-order valence-electron chi connectivity index (χ0n) is 16.0. The molecule has 0 aliphatic carbocycles. The van der Waals surface area contributed by atoms with Crippen molar-refractivity contribution in [2.75, 3.05) is 50.1 Å². The minimum Gasteiger partial charge on any atom is -0.338 e. The summed E-state index contributed by atoms with van der Waals surface area (Å²) in [7, 11) is 2.09. The van der Waals surface area contributed by atoms with Crippen LogP contribution in [-0.2, 0) is 6.42 Å². The molecule has 1 aliphatic heterocycles. The summed E-state index contributed by atoms with van der Waals surface area (Å²) in [5.41, 5.74) is 0.325. The lowest BCUT2D eigenvalue weighted by atomic mass is 10.2. The highest BCUT2D eigenvalue weighted by molar-refractivity contribution is 5.99. The van der Waals surface area contributed by atoms with Crippen LogP contribution in [0.3, 0.4) is 0 Å². The van der Waals surface area contributed by atoms with Crippen molar-refractivity contribution in [1.82, 2.24) is 30.2 Å². The van der Waals surface area contributed by atoms with Crippen LogP contribution in [0.2, 0.25) is 0 Å². The van der Waals surface area contributed by atoms with Gasteiger partial charge in [-0.05, 0) is 19.2 Å². The lowest BCUT2D eigenvalue weighted by molar-refractivity contribution is 0.0958. The fourth-order valence-electron chi connectivity index (χ4n) is 2.77. The molecule has 1 aliphatic rings. The van der Waals surface area contributed by atoms with Crippen LogP contribution in [0.1, 0.15) is 23.1 Å². The van der Waals surface area contributed by atoms with E-state index in [2.05, 4.69) is 52.3 Å². The molecule has 0 saturated carbocycles. The van der Waals surface area contributed by atoms with Gasteiger partial charge >= 0.3 is 0 Å². The SMILES string of the molecule is [C-]#[N+]CNC(=O)c1cccnc1Nc1nc(CC)nc(N2CCN(C)CC2)n1. The number of nitrogens with zero attached hydrogens (tertiary/aromatic N) is 7. The number of rotatable bonds is 6. The van der Waals surface area contributed by atoms with E-state index in [1.165, 1.54) is 0 Å². The minimum atomic E-state index is -0.379. The molecule has 10 heteroatoms. The topological polar surface area (TPSA) is 104 Å². The molecule has 28 heavy (non-hydrogen) atoms. The Bertz CT molecular complexity index is 872. The normalized spacial score (nSPS) is 14.4. The van der Waals surface area contributed by atoms with E-state index in [1.54, 1.807) is 18.3 Å². The molecule has 0 spiro atoms. The van der Waals surface area contributed by atoms with E-state index in [9.17, 15) is 4.79 Å². The fourth-order valence-corrected chi connectivity index (χ4v) is 2.77. The zero-order chi connectivity index (χ0) is 19.9. The third-order valence-corrected chi connectivity index (χ3v) is 4.37. The minimum absolute atomic E-state index is 0.0908. The van der Waals surface area contributed by atoms with Gasteiger partial charge in [-0.15, -0.1) is 0 Å². The molecule has 1 amide bonds. The average molecular weight is 381 g/mol. The van der Waals surface area contributed by atoms with E-state index in [0.717, 1.165) is 26.2 Å². The number of piperazine rings is 1. The molecule has 10 nitrogen and oxygen atoms in total. The first kappa shape index (κ1) is 19.4. The average Bonchev–Trinajstić information content (AvgIpc) is 2.72. The summed E-state index contributed by atoms with van der Waals surface area (Å²) in [5.74, 6) is 1.59. The molecule has 0 radical (unpaired) electrons. The fraction of sp³-hybridized carbons (Fsp3) is 0.444. The van der Waals surface area contributed by atoms with Gasteiger partial charge in [0, 0.05) is 38.8 Å². The number of carbonyl (C=O) groups is 1. The number of carbonyl (C=O) groups excluding carboxylic acids is 1. The van der Waals surface area contributed by atoms with Gasteiger partial charge in [0.2, 0.25) is 11.9 Å². The molecule has 0 bridgehead atoms. The number of hydrogen-bond acceptors (Lipinski definition) is 8. The van der Waals surface area contributed by atoms with Crippen molar-refractivity contribution in [2.45, 2.75) is 13.3 Å². The molecule has 0 atom stereocenters. The predicted octanol–water partition coefficient (Wildman–Crippen LogP) is 0.931. The third-order valence-electron chi connectivity index (χ3n) is 4.37. The van der Waals surface area contributed by atoms with Crippen LogP contribution >= 0.6 is 0 Å². The Morgan fingerprint density at radius 1 is 1.25 bits per heavy atom. The van der Waals surface area contributed by atoms with Crippen molar-refractivity contribution in [2.24, 2.45) is 0 Å². The molecular formula is C18H23N9O. The number of pyridine rings is 1. The van der Waals surface area contributed by atoms with Gasteiger partial charge in [0.25, 0.3) is 12.6 Å². The Balaban J connectivity index is 1.86. The lowest BCUT2D eigenvalue weighted by Gasteiger charge is -2.32. The molecular weight excluding hydrogens is 358 g/mol. The number of amides is 1. The second kappa shape index (κ2) is 9.05. The van der Waals surface area contributed by atoms with Gasteiger partial charge in [-0.2, -0.15) is 15.0 Å². The first-order chi connectivity index (χ1) is 13.6. The molecule has 2 N–H and O–H groups in total. The Hall–Kier alpha value is -3.32. The summed E-state index contributed by atoms with van der Waals surface area (Å²) in [5, 5.41) is 5.57. The highest BCUT2D eigenvalue weighted by atomic mass is 16.1. The summed E-state index contributed by atoms with van der Waals surface area (Å²) < 4.78 is 0. The van der Waals surface area contributed by atoms with Crippen LogP contribution in [0.25, 0.3) is 4.85 Å². The quantitative estimate of drug-likeness (QED) is 0.713. The molecule has 1 saturated heterocycles. The summed E-state index contributed by atoms with van der Waals surface area (Å²) in [6.07, 6.45) is 2.25. The highest BCUT2D eigenvalue weighted by Gasteiger charge is 2.19. The molecule has 2 aromatic heterocycles. The van der Waals surface area contributed by atoms with Gasteiger partial charge in [-0.3, -0.25) is 15.0 Å². The van der Waals surface area contributed by atoms with Crippen molar-refractivity contribution in [1.29, 1.82) is 0 Å². The molecule has 146 valence electrons. The maximum Gasteiger partial charge on any atom is 0.289 e. The molecule has 3 heterocycles. The Labute approximate surface area is 163 Å². The van der Waals surface area contributed by atoms with Crippen LogP contribution < -0.4 is 15.5 Å². The Kier molecular flexibility index (Phi) is 6.29. The monoisotopic (exact) mass is 381 g/mol. The zero-order valence-corrected chi connectivity index (χ0v) is 16.0. The van der Waals surface area contributed by atoms with E-state index >= 15 is 0 Å². The summed E-state index contributed by atoms with van der Waals surface area (Å²) >= 11 is 0. The maximum atomic E-state index is 12.3. The van der Waals surface area contributed by atoms with Gasteiger partial charge < -0.3 is 15.1 Å². The van der Waals surface area contributed by atoms with Gasteiger partial charge in [-0.1, -0.05) is 6.92 Å². The van der Waals surface area contributed by atoms with Crippen LogP contribution in [-0.4, -0.2) is 70.6 Å². The largest absolute Gasteiger partial charge is 0.338 e. The highest BCUT2D eigenvalue weighted by Crippen LogP contribution is 2.19. The second-order valence-electron chi connectivity index (χ2n) is 6.37. The smallest absolute Gasteiger partial charge is 0.289 e. The van der Waals surface area contributed by atoms with Gasteiger partial charge in [0.05, 0.1) is 5.56 Å². The molecule has 0 unspecified atom stereocenters. The van der Waals surface area contributed by atoms with E-state index in [4.69, 9.17) is 6.57 Å². The lowest BCUT2D eigenvalue weighted by Crippen LogP contribution is -2.45. The van der Waals surface area contributed by atoms with Crippen LogP contribution in [0.5, 0.6) is 0 Å². The van der Waals surface area contributed by atoms with E-state index < -0.39 is 0 Å². The van der Waals surface area contributed by atoms with E-state index in [0.29, 0.717) is 35.5 Å². The molecule has 2 aromatic rings. The Morgan fingerprint density at radius 3 is 2.75 bits per heavy atom. The van der Waals surface area contributed by atoms with Crippen molar-refractivity contribution in [3.63, 3.8) is 0 Å². The summed E-state index contributed by atoms with van der Waals surface area (Å²) in [4.78, 5) is 37.6. The number of aromatic nitrogens is 4. The van der Waals surface area contributed by atoms with Crippen LogP contribution in [0, 0.1) is 6.57 Å². The van der Waals surface area contributed by atoms with E-state index in [-0.39, 0.29) is 12.6 Å². The number of anilines is 3. The van der Waals surface area contributed by atoms with Crippen molar-refractivity contribution in [3.05, 3.63) is 41.1 Å². The van der Waals surface area contributed by atoms with Crippen molar-refractivity contribution >= 4 is 23.6 Å². The van der Waals surface area contributed by atoms with Gasteiger partial charge in [-0.25, -0.2) is 11.6 Å². The maximum absolute atomic E-state index is 12.3.